The lowest BCUT2D eigenvalue weighted by atomic mass is 10.2. The van der Waals surface area contributed by atoms with Gasteiger partial charge in [0.15, 0.2) is 11.5 Å². The van der Waals surface area contributed by atoms with E-state index in [-0.39, 0.29) is 0 Å². The Balaban J connectivity index is 2.74. The van der Waals surface area contributed by atoms with Gasteiger partial charge >= 0.3 is 0 Å². The van der Waals surface area contributed by atoms with Crippen molar-refractivity contribution in [2.24, 2.45) is 0 Å². The van der Waals surface area contributed by atoms with Crippen molar-refractivity contribution in [2.45, 2.75) is 46.7 Å². The number of nitrogens with one attached hydrogen (secondary N) is 1. The number of ether oxygens (including phenoxy) is 2. The van der Waals surface area contributed by atoms with Crippen molar-refractivity contribution in [3.8, 4) is 11.5 Å². The number of hydrogen-bond donors (Lipinski definition) is 1. The summed E-state index contributed by atoms with van der Waals surface area (Å²) >= 11 is 0. The van der Waals surface area contributed by atoms with Crippen molar-refractivity contribution in [1.29, 1.82) is 0 Å². The largest absolute Gasteiger partial charge is 0.490 e. The van der Waals surface area contributed by atoms with Gasteiger partial charge in [-0.25, -0.2) is 0 Å². The second kappa shape index (κ2) is 7.98. The molecule has 0 heterocycles. The van der Waals surface area contributed by atoms with Gasteiger partial charge in [-0.15, -0.1) is 0 Å². The molecular weight excluding hydrogens is 226 g/mol. The molecule has 0 aliphatic carbocycles. The van der Waals surface area contributed by atoms with Crippen LogP contribution in [-0.2, 0) is 6.54 Å². The van der Waals surface area contributed by atoms with Gasteiger partial charge in [0.05, 0.1) is 13.2 Å². The average Bonchev–Trinajstić information content (AvgIpc) is 2.35. The van der Waals surface area contributed by atoms with Crippen LogP contribution < -0.4 is 14.8 Å². The minimum atomic E-state index is 0.483. The van der Waals surface area contributed by atoms with Gasteiger partial charge in [-0.1, -0.05) is 26.8 Å². The highest BCUT2D eigenvalue weighted by atomic mass is 16.5. The highest BCUT2D eigenvalue weighted by molar-refractivity contribution is 5.43. The second-order valence-electron chi connectivity index (χ2n) is 4.60. The first-order chi connectivity index (χ1) is 8.67. The van der Waals surface area contributed by atoms with Crippen LogP contribution in [-0.4, -0.2) is 19.3 Å². The van der Waals surface area contributed by atoms with Crippen LogP contribution in [0.1, 0.15) is 39.7 Å². The molecule has 18 heavy (non-hydrogen) atoms. The van der Waals surface area contributed by atoms with E-state index in [9.17, 15) is 0 Å². The minimum Gasteiger partial charge on any atom is -0.490 e. The molecule has 1 rings (SSSR count). The van der Waals surface area contributed by atoms with Crippen molar-refractivity contribution in [3.63, 3.8) is 0 Å². The Bertz CT molecular complexity index is 350. The number of benzene rings is 1. The Morgan fingerprint density at radius 1 is 1.11 bits per heavy atom. The van der Waals surface area contributed by atoms with Gasteiger partial charge in [0.2, 0.25) is 0 Å². The molecular formula is C15H25NO2. The molecule has 102 valence electrons. The van der Waals surface area contributed by atoms with Crippen LogP contribution in [0.2, 0.25) is 0 Å². The van der Waals surface area contributed by atoms with Crippen molar-refractivity contribution >= 4 is 0 Å². The van der Waals surface area contributed by atoms with E-state index < -0.39 is 0 Å². The predicted molar refractivity (Wildman–Crippen MR) is 75.4 cm³/mol. The fourth-order valence-electron chi connectivity index (χ4n) is 1.58. The zero-order valence-corrected chi connectivity index (χ0v) is 12.0. The molecule has 3 heteroatoms. The number of rotatable bonds is 8. The Kier molecular flexibility index (Phi) is 6.58. The maximum absolute atomic E-state index is 5.67. The summed E-state index contributed by atoms with van der Waals surface area (Å²) in [5, 5.41) is 3.40. The van der Waals surface area contributed by atoms with Crippen LogP contribution in [0, 0.1) is 0 Å². The van der Waals surface area contributed by atoms with Crippen LogP contribution in [0.4, 0.5) is 0 Å². The van der Waals surface area contributed by atoms with Gasteiger partial charge in [0, 0.05) is 12.6 Å². The van der Waals surface area contributed by atoms with E-state index in [0.29, 0.717) is 12.6 Å². The first kappa shape index (κ1) is 14.8. The predicted octanol–water partition coefficient (Wildman–Crippen LogP) is 3.37. The van der Waals surface area contributed by atoms with E-state index in [1.807, 2.05) is 13.0 Å². The first-order valence-electron chi connectivity index (χ1n) is 6.79. The van der Waals surface area contributed by atoms with Crippen LogP contribution in [0.25, 0.3) is 0 Å². The summed E-state index contributed by atoms with van der Waals surface area (Å²) < 4.78 is 11.3. The summed E-state index contributed by atoms with van der Waals surface area (Å²) in [6.07, 6.45) is 1.00. The van der Waals surface area contributed by atoms with E-state index in [1.54, 1.807) is 0 Å². The van der Waals surface area contributed by atoms with Gasteiger partial charge < -0.3 is 14.8 Å². The van der Waals surface area contributed by atoms with Gasteiger partial charge in [0.1, 0.15) is 0 Å². The molecule has 0 spiro atoms. The third-order valence-electron chi connectivity index (χ3n) is 2.48. The third-order valence-corrected chi connectivity index (χ3v) is 2.48. The van der Waals surface area contributed by atoms with Gasteiger partial charge in [-0.05, 0) is 31.0 Å². The molecule has 0 amide bonds. The van der Waals surface area contributed by atoms with Crippen molar-refractivity contribution in [2.75, 3.05) is 13.2 Å². The van der Waals surface area contributed by atoms with E-state index in [1.165, 1.54) is 5.56 Å². The SMILES string of the molecule is CCCOc1ccc(CNC(C)C)cc1OCC. The van der Waals surface area contributed by atoms with Crippen LogP contribution >= 0.6 is 0 Å². The molecule has 0 fully saturated rings. The Hall–Kier alpha value is -1.22. The van der Waals surface area contributed by atoms with E-state index in [2.05, 4.69) is 38.2 Å². The van der Waals surface area contributed by atoms with Crippen LogP contribution in [0.3, 0.4) is 0 Å². The molecule has 0 saturated carbocycles. The second-order valence-corrected chi connectivity index (χ2v) is 4.60. The maximum atomic E-state index is 5.67. The fraction of sp³-hybridized carbons (Fsp3) is 0.600. The van der Waals surface area contributed by atoms with E-state index in [0.717, 1.165) is 31.1 Å². The van der Waals surface area contributed by atoms with Gasteiger partial charge in [0.25, 0.3) is 0 Å². The Morgan fingerprint density at radius 3 is 2.50 bits per heavy atom. The lowest BCUT2D eigenvalue weighted by Crippen LogP contribution is -2.21. The molecule has 1 N–H and O–H groups in total. The molecule has 0 aromatic heterocycles. The summed E-state index contributed by atoms with van der Waals surface area (Å²) in [7, 11) is 0. The summed E-state index contributed by atoms with van der Waals surface area (Å²) in [6.45, 7) is 10.6. The summed E-state index contributed by atoms with van der Waals surface area (Å²) in [6, 6.07) is 6.63. The molecule has 3 nitrogen and oxygen atoms in total. The molecule has 0 radical (unpaired) electrons. The zero-order chi connectivity index (χ0) is 13.4. The molecule has 0 atom stereocenters. The third kappa shape index (κ3) is 4.96. The van der Waals surface area contributed by atoms with Crippen molar-refractivity contribution < 1.29 is 9.47 Å². The fourth-order valence-corrected chi connectivity index (χ4v) is 1.58. The first-order valence-corrected chi connectivity index (χ1v) is 6.79. The highest BCUT2D eigenvalue weighted by Crippen LogP contribution is 2.28. The lowest BCUT2D eigenvalue weighted by Gasteiger charge is -2.14. The molecule has 0 aliphatic rings. The van der Waals surface area contributed by atoms with Gasteiger partial charge in [-0.3, -0.25) is 0 Å². The molecule has 1 aromatic rings. The Labute approximate surface area is 110 Å². The van der Waals surface area contributed by atoms with E-state index in [4.69, 9.17) is 9.47 Å². The van der Waals surface area contributed by atoms with Crippen molar-refractivity contribution in [1.82, 2.24) is 5.32 Å². The quantitative estimate of drug-likeness (QED) is 0.768. The zero-order valence-electron chi connectivity index (χ0n) is 12.0. The van der Waals surface area contributed by atoms with Crippen LogP contribution in [0.5, 0.6) is 11.5 Å². The molecule has 0 aliphatic heterocycles. The molecule has 0 bridgehead atoms. The van der Waals surface area contributed by atoms with E-state index >= 15 is 0 Å². The topological polar surface area (TPSA) is 30.5 Å². The van der Waals surface area contributed by atoms with Crippen LogP contribution in [0.15, 0.2) is 18.2 Å². The summed E-state index contributed by atoms with van der Waals surface area (Å²) in [5.74, 6) is 1.68. The highest BCUT2D eigenvalue weighted by Gasteiger charge is 2.06. The molecule has 0 saturated heterocycles. The monoisotopic (exact) mass is 251 g/mol. The molecule has 0 unspecified atom stereocenters. The summed E-state index contributed by atoms with van der Waals surface area (Å²) in [5.41, 5.74) is 1.22. The lowest BCUT2D eigenvalue weighted by molar-refractivity contribution is 0.276. The normalized spacial score (nSPS) is 10.7. The molecule has 1 aromatic carbocycles. The minimum absolute atomic E-state index is 0.483. The standard InChI is InChI=1S/C15H25NO2/c1-5-9-18-14-8-7-13(11-16-12(3)4)10-15(14)17-6-2/h7-8,10,12,16H,5-6,9,11H2,1-4H3. The Morgan fingerprint density at radius 2 is 1.89 bits per heavy atom. The smallest absolute Gasteiger partial charge is 0.161 e. The van der Waals surface area contributed by atoms with Crippen molar-refractivity contribution in [3.05, 3.63) is 23.8 Å². The number of hydrogen-bond acceptors (Lipinski definition) is 3. The average molecular weight is 251 g/mol. The summed E-state index contributed by atoms with van der Waals surface area (Å²) in [4.78, 5) is 0. The maximum Gasteiger partial charge on any atom is 0.161 e. The van der Waals surface area contributed by atoms with Gasteiger partial charge in [-0.2, -0.15) is 0 Å².